The van der Waals surface area contributed by atoms with Gasteiger partial charge in [-0.2, -0.15) is 0 Å². The highest BCUT2D eigenvalue weighted by Gasteiger charge is 2.70. The lowest BCUT2D eigenvalue weighted by molar-refractivity contribution is -0.248. The van der Waals surface area contributed by atoms with Crippen molar-refractivity contribution in [2.24, 2.45) is 56.7 Å². The van der Waals surface area contributed by atoms with Crippen molar-refractivity contribution < 1.29 is 9.76 Å². The summed E-state index contributed by atoms with van der Waals surface area (Å²) in [6.45, 7) is 20.2. The van der Waals surface area contributed by atoms with Crippen molar-refractivity contribution in [1.82, 2.24) is 0 Å². The third-order valence-electron chi connectivity index (χ3n) is 13.6. The molecule has 0 spiro atoms. The lowest BCUT2D eigenvalue weighted by Crippen LogP contribution is -2.66. The van der Waals surface area contributed by atoms with Crippen LogP contribution in [0.1, 0.15) is 106 Å². The Kier molecular flexibility index (Phi) is 5.63. The predicted molar refractivity (Wildman–Crippen MR) is 137 cm³/mol. The van der Waals surface area contributed by atoms with E-state index < -0.39 is 0 Å². The van der Waals surface area contributed by atoms with Crippen molar-refractivity contribution in [1.29, 1.82) is 0 Å². The molecule has 5 aliphatic rings. The first-order valence-corrected chi connectivity index (χ1v) is 14.0. The Morgan fingerprint density at radius 3 is 2.27 bits per heavy atom. The smallest absolute Gasteiger partial charge is 0.282 e. The highest BCUT2D eigenvalue weighted by molar-refractivity contribution is 5.97. The molecule has 2 nitrogen and oxygen atoms in total. The minimum Gasteiger partial charge on any atom is -0.447 e. The van der Waals surface area contributed by atoms with E-state index in [0.717, 1.165) is 24.9 Å². The van der Waals surface area contributed by atoms with Crippen LogP contribution >= 0.6 is 0 Å². The molecule has 5 aliphatic carbocycles. The molecule has 0 aliphatic heterocycles. The van der Waals surface area contributed by atoms with E-state index in [2.05, 4.69) is 48.1 Å². The van der Waals surface area contributed by atoms with Crippen LogP contribution in [0, 0.1) is 56.7 Å². The summed E-state index contributed by atoms with van der Waals surface area (Å²) in [7, 11) is 5.75. The van der Waals surface area contributed by atoms with E-state index in [4.69, 9.17) is 12.7 Å². The van der Waals surface area contributed by atoms with Gasteiger partial charge in [0.05, 0.1) is 6.10 Å². The second-order valence-corrected chi connectivity index (χ2v) is 14.7. The fourth-order valence-corrected chi connectivity index (χ4v) is 11.7. The van der Waals surface area contributed by atoms with E-state index in [9.17, 15) is 5.11 Å². The summed E-state index contributed by atoms with van der Waals surface area (Å²) >= 11 is 0. The number of aliphatic hydroxyl groups excluding tert-OH is 1. The topological polar surface area (TPSA) is 29.5 Å². The molecule has 2 radical (unpaired) electrons. The van der Waals surface area contributed by atoms with Crippen molar-refractivity contribution in [2.75, 3.05) is 6.61 Å². The molecule has 0 aromatic carbocycles. The SMILES string of the molecule is [B]OC[C@]12CC[C@@H](C(=C)C)C1C1CCC3[C@@]4(C)CC[C@H](O)C(C)(C)C4CC[C@@]3(C)[C@]1(C)CC2. The molecule has 1 N–H and O–H groups in total. The molecule has 5 saturated carbocycles. The zero-order valence-corrected chi connectivity index (χ0v) is 22.4. The Balaban J connectivity index is 1.54. The van der Waals surface area contributed by atoms with Crippen molar-refractivity contribution in [2.45, 2.75) is 112 Å². The summed E-state index contributed by atoms with van der Waals surface area (Å²) in [5.74, 6) is 3.44. The number of hydrogen-bond donors (Lipinski definition) is 1. The van der Waals surface area contributed by atoms with Crippen molar-refractivity contribution in [3.05, 3.63) is 12.2 Å². The second-order valence-electron chi connectivity index (χ2n) is 14.7. The van der Waals surface area contributed by atoms with E-state index in [0.29, 0.717) is 34.0 Å². The van der Waals surface area contributed by atoms with Gasteiger partial charge in [-0.1, -0.05) is 46.8 Å². The maximum atomic E-state index is 10.9. The zero-order chi connectivity index (χ0) is 24.0. The van der Waals surface area contributed by atoms with Gasteiger partial charge in [-0.3, -0.25) is 0 Å². The van der Waals surface area contributed by atoms with Crippen LogP contribution in [0.5, 0.6) is 0 Å². The van der Waals surface area contributed by atoms with Gasteiger partial charge in [-0.05, 0) is 128 Å². The normalized spacial score (nSPS) is 55.1. The Bertz CT molecular complexity index is 807. The predicted octanol–water partition coefficient (Wildman–Crippen LogP) is 7.11. The Hall–Kier alpha value is -0.275. The van der Waals surface area contributed by atoms with Gasteiger partial charge in [0.1, 0.15) is 0 Å². The Morgan fingerprint density at radius 1 is 0.879 bits per heavy atom. The van der Waals surface area contributed by atoms with Gasteiger partial charge in [0.25, 0.3) is 8.05 Å². The van der Waals surface area contributed by atoms with Crippen LogP contribution in [0.25, 0.3) is 0 Å². The average Bonchev–Trinajstić information content (AvgIpc) is 3.12. The second kappa shape index (κ2) is 7.61. The summed E-state index contributed by atoms with van der Waals surface area (Å²) in [5.41, 5.74) is 2.76. The monoisotopic (exact) mass is 452 g/mol. The standard InChI is InChI=1S/C30H49BO2/c1-19(2)20-10-15-30(18-33-31)17-16-28(6)21(25(20)30)8-9-23-27(5)13-12-24(32)26(3,4)22(27)11-14-29(23,28)7/h20-25,32H,1,8-18H2,2-7H3/t20-,21?,22?,23?,24-,25?,27-,28+,29+,30+/m0/s1. The van der Waals surface area contributed by atoms with Crippen LogP contribution in [0.4, 0.5) is 0 Å². The van der Waals surface area contributed by atoms with E-state index in [1.165, 1.54) is 63.4 Å². The molecular formula is C30H49BO2. The summed E-state index contributed by atoms with van der Waals surface area (Å²) in [6.07, 6.45) is 12.4. The highest BCUT2D eigenvalue weighted by atomic mass is 16.4. The summed E-state index contributed by atoms with van der Waals surface area (Å²) in [6, 6.07) is 0. The zero-order valence-electron chi connectivity index (χ0n) is 22.4. The van der Waals surface area contributed by atoms with Gasteiger partial charge in [-0.25, -0.2) is 0 Å². The van der Waals surface area contributed by atoms with Gasteiger partial charge < -0.3 is 9.76 Å². The van der Waals surface area contributed by atoms with Crippen LogP contribution in [-0.4, -0.2) is 25.9 Å². The molecule has 0 bridgehead atoms. The van der Waals surface area contributed by atoms with E-state index in [1.54, 1.807) is 0 Å². The van der Waals surface area contributed by atoms with Gasteiger partial charge in [0.15, 0.2) is 0 Å². The summed E-state index contributed by atoms with van der Waals surface area (Å²) in [5, 5.41) is 10.9. The number of fused-ring (bicyclic) bond motifs is 7. The molecule has 5 fully saturated rings. The Labute approximate surface area is 205 Å². The lowest BCUT2D eigenvalue weighted by Gasteiger charge is -2.73. The van der Waals surface area contributed by atoms with Crippen LogP contribution in [0.2, 0.25) is 0 Å². The van der Waals surface area contributed by atoms with Crippen LogP contribution in [0.15, 0.2) is 12.2 Å². The number of hydrogen-bond acceptors (Lipinski definition) is 2. The molecule has 0 aromatic rings. The highest BCUT2D eigenvalue weighted by Crippen LogP contribution is 2.77. The molecule has 4 unspecified atom stereocenters. The van der Waals surface area contributed by atoms with Gasteiger partial charge in [0.2, 0.25) is 0 Å². The molecule has 0 amide bonds. The van der Waals surface area contributed by atoms with E-state index >= 15 is 0 Å². The Morgan fingerprint density at radius 2 is 1.61 bits per heavy atom. The minimum atomic E-state index is -0.145. The van der Waals surface area contributed by atoms with Crippen molar-refractivity contribution in [3.8, 4) is 0 Å². The first kappa shape index (κ1) is 24.4. The lowest BCUT2D eigenvalue weighted by atomic mass is 9.32. The quantitative estimate of drug-likeness (QED) is 0.365. The first-order chi connectivity index (χ1) is 15.4. The van der Waals surface area contributed by atoms with Crippen LogP contribution < -0.4 is 0 Å². The van der Waals surface area contributed by atoms with E-state index in [-0.39, 0.29) is 16.9 Å². The van der Waals surface area contributed by atoms with Crippen LogP contribution in [0.3, 0.4) is 0 Å². The van der Waals surface area contributed by atoms with Gasteiger partial charge in [-0.15, -0.1) is 0 Å². The largest absolute Gasteiger partial charge is 0.447 e. The van der Waals surface area contributed by atoms with Crippen molar-refractivity contribution >= 4 is 8.05 Å². The first-order valence-electron chi connectivity index (χ1n) is 14.0. The molecule has 0 heterocycles. The van der Waals surface area contributed by atoms with E-state index in [1.807, 2.05) is 0 Å². The molecule has 0 saturated heterocycles. The molecule has 33 heavy (non-hydrogen) atoms. The molecular weight excluding hydrogens is 403 g/mol. The van der Waals surface area contributed by atoms with Crippen molar-refractivity contribution in [3.63, 3.8) is 0 Å². The maximum absolute atomic E-state index is 10.9. The number of aliphatic hydroxyl groups is 1. The average molecular weight is 453 g/mol. The molecule has 10 atom stereocenters. The minimum absolute atomic E-state index is 0.0305. The fourth-order valence-electron chi connectivity index (χ4n) is 11.7. The summed E-state index contributed by atoms with van der Waals surface area (Å²) < 4.78 is 5.42. The number of rotatable bonds is 3. The number of allylic oxidation sites excluding steroid dienone is 1. The molecule has 184 valence electrons. The molecule has 0 aromatic heterocycles. The third kappa shape index (κ3) is 3.00. The third-order valence-corrected chi connectivity index (χ3v) is 13.6. The fraction of sp³-hybridized carbons (Fsp3) is 0.933. The van der Waals surface area contributed by atoms with Gasteiger partial charge in [0, 0.05) is 6.61 Å². The van der Waals surface area contributed by atoms with Crippen LogP contribution in [-0.2, 0) is 4.65 Å². The van der Waals surface area contributed by atoms with Gasteiger partial charge >= 0.3 is 0 Å². The summed E-state index contributed by atoms with van der Waals surface area (Å²) in [4.78, 5) is 0. The molecule has 3 heteroatoms. The maximum Gasteiger partial charge on any atom is 0.282 e. The molecule has 5 rings (SSSR count).